The van der Waals surface area contributed by atoms with E-state index in [4.69, 9.17) is 0 Å². The number of carbonyl (C=O) groups is 1. The lowest BCUT2D eigenvalue weighted by Crippen LogP contribution is -2.27. The molecule has 0 saturated carbocycles. The second-order valence-electron chi connectivity index (χ2n) is 7.16. The van der Waals surface area contributed by atoms with Crippen LogP contribution in [-0.2, 0) is 6.54 Å². The number of anilines is 1. The van der Waals surface area contributed by atoms with E-state index in [1.807, 2.05) is 91.2 Å². The van der Waals surface area contributed by atoms with Gasteiger partial charge in [0.2, 0.25) is 0 Å². The first kappa shape index (κ1) is 18.7. The maximum Gasteiger partial charge on any atom is 0.261 e. The van der Waals surface area contributed by atoms with Gasteiger partial charge in [-0.25, -0.2) is 0 Å². The van der Waals surface area contributed by atoms with Crippen molar-refractivity contribution in [2.75, 3.05) is 5.32 Å². The highest BCUT2D eigenvalue weighted by Crippen LogP contribution is 2.23. The van der Waals surface area contributed by atoms with E-state index in [2.05, 4.69) is 5.32 Å². The molecule has 0 saturated heterocycles. The van der Waals surface area contributed by atoms with Crippen LogP contribution in [0.5, 0.6) is 0 Å². The summed E-state index contributed by atoms with van der Waals surface area (Å²) in [6, 6.07) is 25.1. The molecular weight excluding hydrogens is 360 g/mol. The predicted octanol–water partition coefficient (Wildman–Crippen LogP) is 4.92. The van der Waals surface area contributed by atoms with Crippen LogP contribution in [0.4, 0.5) is 5.69 Å². The SMILES string of the molecule is Cc1cc(=O)c(C(=O)Nc2cccc3ccccc23)c(C)n1Cc1ccccc1. The molecule has 0 atom stereocenters. The molecule has 4 heteroatoms. The third-order valence-electron chi connectivity index (χ3n) is 5.23. The molecule has 0 spiro atoms. The zero-order chi connectivity index (χ0) is 20.4. The molecule has 0 unspecified atom stereocenters. The van der Waals surface area contributed by atoms with Gasteiger partial charge in [-0.05, 0) is 30.9 Å². The second-order valence-corrected chi connectivity index (χ2v) is 7.16. The largest absolute Gasteiger partial charge is 0.344 e. The molecular formula is C25H22N2O2. The summed E-state index contributed by atoms with van der Waals surface area (Å²) < 4.78 is 2.01. The number of pyridine rings is 1. The van der Waals surface area contributed by atoms with Crippen LogP contribution >= 0.6 is 0 Å². The summed E-state index contributed by atoms with van der Waals surface area (Å²) in [7, 11) is 0. The lowest BCUT2D eigenvalue weighted by atomic mass is 10.1. The first-order valence-electron chi connectivity index (χ1n) is 9.58. The molecule has 4 nitrogen and oxygen atoms in total. The fraction of sp³-hybridized carbons (Fsp3) is 0.120. The number of nitrogens with one attached hydrogen (secondary N) is 1. The molecule has 0 radical (unpaired) electrons. The zero-order valence-electron chi connectivity index (χ0n) is 16.5. The van der Waals surface area contributed by atoms with E-state index < -0.39 is 0 Å². The lowest BCUT2D eigenvalue weighted by Gasteiger charge is -2.18. The highest BCUT2D eigenvalue weighted by atomic mass is 16.2. The smallest absolute Gasteiger partial charge is 0.261 e. The van der Waals surface area contributed by atoms with Gasteiger partial charge in [0, 0.05) is 35.1 Å². The van der Waals surface area contributed by atoms with Crippen LogP contribution < -0.4 is 10.7 Å². The Morgan fingerprint density at radius 3 is 2.38 bits per heavy atom. The van der Waals surface area contributed by atoms with E-state index in [-0.39, 0.29) is 16.9 Å². The Balaban J connectivity index is 1.73. The third kappa shape index (κ3) is 3.69. The molecule has 1 amide bonds. The third-order valence-corrected chi connectivity index (χ3v) is 5.23. The first-order valence-corrected chi connectivity index (χ1v) is 9.58. The number of aromatic nitrogens is 1. The van der Waals surface area contributed by atoms with Crippen molar-refractivity contribution in [1.82, 2.24) is 4.57 Å². The molecule has 1 aromatic heterocycles. The zero-order valence-corrected chi connectivity index (χ0v) is 16.5. The average Bonchev–Trinajstić information content (AvgIpc) is 2.72. The predicted molar refractivity (Wildman–Crippen MR) is 118 cm³/mol. The van der Waals surface area contributed by atoms with Crippen molar-refractivity contribution in [3.63, 3.8) is 0 Å². The van der Waals surface area contributed by atoms with E-state index in [1.54, 1.807) is 0 Å². The number of hydrogen-bond donors (Lipinski definition) is 1. The minimum Gasteiger partial charge on any atom is -0.344 e. The maximum absolute atomic E-state index is 13.1. The van der Waals surface area contributed by atoms with Crippen molar-refractivity contribution < 1.29 is 4.79 Å². The molecule has 0 bridgehead atoms. The highest BCUT2D eigenvalue weighted by Gasteiger charge is 2.18. The van der Waals surface area contributed by atoms with Gasteiger partial charge in [0.25, 0.3) is 5.91 Å². The Morgan fingerprint density at radius 2 is 1.59 bits per heavy atom. The molecule has 1 N–H and O–H groups in total. The summed E-state index contributed by atoms with van der Waals surface area (Å²) in [6.07, 6.45) is 0. The Hall–Kier alpha value is -3.66. The summed E-state index contributed by atoms with van der Waals surface area (Å²) in [5, 5.41) is 4.92. The Bertz CT molecular complexity index is 1250. The molecule has 4 aromatic rings. The molecule has 0 aliphatic rings. The fourth-order valence-electron chi connectivity index (χ4n) is 3.72. The topological polar surface area (TPSA) is 51.1 Å². The summed E-state index contributed by atoms with van der Waals surface area (Å²) in [5.41, 5.74) is 3.22. The molecule has 4 rings (SSSR count). The van der Waals surface area contributed by atoms with Crippen molar-refractivity contribution in [1.29, 1.82) is 0 Å². The van der Waals surface area contributed by atoms with Crippen molar-refractivity contribution in [3.8, 4) is 0 Å². The normalized spacial score (nSPS) is 10.8. The van der Waals surface area contributed by atoms with Gasteiger partial charge in [-0.15, -0.1) is 0 Å². The van der Waals surface area contributed by atoms with Gasteiger partial charge in [-0.2, -0.15) is 0 Å². The van der Waals surface area contributed by atoms with E-state index in [9.17, 15) is 9.59 Å². The molecule has 29 heavy (non-hydrogen) atoms. The van der Waals surface area contributed by atoms with Gasteiger partial charge in [0.1, 0.15) is 5.56 Å². The molecule has 3 aromatic carbocycles. The lowest BCUT2D eigenvalue weighted by molar-refractivity contribution is 0.102. The maximum atomic E-state index is 13.1. The number of aryl methyl sites for hydroxylation is 1. The van der Waals surface area contributed by atoms with Crippen molar-refractivity contribution in [2.24, 2.45) is 0 Å². The first-order chi connectivity index (χ1) is 14.0. The number of hydrogen-bond acceptors (Lipinski definition) is 2. The fourth-order valence-corrected chi connectivity index (χ4v) is 3.72. The summed E-state index contributed by atoms with van der Waals surface area (Å²) in [6.45, 7) is 4.33. The van der Waals surface area contributed by atoms with E-state index >= 15 is 0 Å². The number of amides is 1. The van der Waals surface area contributed by atoms with Crippen LogP contribution in [0, 0.1) is 13.8 Å². The Labute approximate surface area is 169 Å². The minimum atomic E-state index is -0.384. The van der Waals surface area contributed by atoms with E-state index in [0.29, 0.717) is 17.9 Å². The molecule has 1 heterocycles. The number of fused-ring (bicyclic) bond motifs is 1. The van der Waals surface area contributed by atoms with Gasteiger partial charge in [0.15, 0.2) is 5.43 Å². The monoisotopic (exact) mass is 382 g/mol. The Kier molecular flexibility index (Phi) is 5.00. The van der Waals surface area contributed by atoms with Crippen LogP contribution in [0.1, 0.15) is 27.3 Å². The van der Waals surface area contributed by atoms with E-state index in [1.165, 1.54) is 6.07 Å². The quantitative estimate of drug-likeness (QED) is 0.545. The number of nitrogens with zero attached hydrogens (tertiary/aromatic N) is 1. The number of carbonyl (C=O) groups excluding carboxylic acids is 1. The summed E-state index contributed by atoms with van der Waals surface area (Å²) >= 11 is 0. The van der Waals surface area contributed by atoms with Gasteiger partial charge < -0.3 is 9.88 Å². The van der Waals surface area contributed by atoms with Gasteiger partial charge in [-0.3, -0.25) is 9.59 Å². The minimum absolute atomic E-state index is 0.180. The summed E-state index contributed by atoms with van der Waals surface area (Å²) in [5.74, 6) is -0.384. The molecule has 0 aliphatic carbocycles. The van der Waals surface area contributed by atoms with Crippen molar-refractivity contribution in [3.05, 3.63) is 112 Å². The number of rotatable bonds is 4. The Morgan fingerprint density at radius 1 is 0.897 bits per heavy atom. The van der Waals surface area contributed by atoms with Crippen LogP contribution in [0.3, 0.4) is 0 Å². The van der Waals surface area contributed by atoms with Gasteiger partial charge >= 0.3 is 0 Å². The van der Waals surface area contributed by atoms with Crippen molar-refractivity contribution in [2.45, 2.75) is 20.4 Å². The standard InChI is InChI=1S/C25H22N2O2/c1-17-15-23(28)24(18(2)27(17)16-19-9-4-3-5-10-19)25(29)26-22-14-8-12-20-11-6-7-13-21(20)22/h3-15H,16H2,1-2H3,(H,26,29). The molecule has 0 fully saturated rings. The van der Waals surface area contributed by atoms with Crippen LogP contribution in [-0.4, -0.2) is 10.5 Å². The van der Waals surface area contributed by atoms with Crippen LogP contribution in [0.2, 0.25) is 0 Å². The summed E-state index contributed by atoms with van der Waals surface area (Å²) in [4.78, 5) is 25.8. The number of benzene rings is 3. The highest BCUT2D eigenvalue weighted by molar-refractivity contribution is 6.09. The van der Waals surface area contributed by atoms with Crippen LogP contribution in [0.25, 0.3) is 10.8 Å². The van der Waals surface area contributed by atoms with E-state index in [0.717, 1.165) is 22.0 Å². The molecule has 0 aliphatic heterocycles. The average molecular weight is 382 g/mol. The van der Waals surface area contributed by atoms with Gasteiger partial charge in [-0.1, -0.05) is 66.7 Å². The van der Waals surface area contributed by atoms with Gasteiger partial charge in [0.05, 0.1) is 0 Å². The second kappa shape index (κ2) is 7.76. The van der Waals surface area contributed by atoms with Crippen molar-refractivity contribution >= 4 is 22.4 Å². The van der Waals surface area contributed by atoms with Crippen LogP contribution in [0.15, 0.2) is 83.7 Å². The molecule has 144 valence electrons.